The molecule has 7 heteroatoms. The van der Waals surface area contributed by atoms with Gasteiger partial charge in [-0.15, -0.1) is 0 Å². The van der Waals surface area contributed by atoms with Crippen molar-refractivity contribution in [3.63, 3.8) is 0 Å². The zero-order valence-electron chi connectivity index (χ0n) is 15.5. The molecule has 1 atom stereocenters. The number of piperidine rings is 1. The molecular formula is C21H23N3O4. The van der Waals surface area contributed by atoms with Crippen LogP contribution >= 0.6 is 0 Å². The van der Waals surface area contributed by atoms with Gasteiger partial charge in [0.05, 0.1) is 6.26 Å². The van der Waals surface area contributed by atoms with Gasteiger partial charge in [-0.25, -0.2) is 0 Å². The van der Waals surface area contributed by atoms with Crippen LogP contribution < -0.4 is 5.73 Å². The molecule has 1 aromatic heterocycles. The second-order valence-corrected chi connectivity index (χ2v) is 7.40. The molecule has 1 aromatic carbocycles. The van der Waals surface area contributed by atoms with E-state index in [1.165, 1.54) is 6.26 Å². The maximum Gasteiger partial charge on any atom is 0.289 e. The van der Waals surface area contributed by atoms with Crippen LogP contribution in [0.3, 0.4) is 0 Å². The minimum Gasteiger partial charge on any atom is -0.459 e. The normalized spacial score (nSPS) is 19.9. The summed E-state index contributed by atoms with van der Waals surface area (Å²) in [6.07, 6.45) is 3.05. The van der Waals surface area contributed by atoms with Gasteiger partial charge in [-0.3, -0.25) is 14.4 Å². The first-order valence-corrected chi connectivity index (χ1v) is 9.54. The Kier molecular flexibility index (Phi) is 4.90. The maximum atomic E-state index is 13.2. The van der Waals surface area contributed by atoms with E-state index in [1.807, 2.05) is 24.3 Å². The second-order valence-electron chi connectivity index (χ2n) is 7.40. The number of rotatable bonds is 3. The number of nitrogens with zero attached hydrogens (tertiary/aromatic N) is 2. The molecule has 0 radical (unpaired) electrons. The lowest BCUT2D eigenvalue weighted by atomic mass is 9.89. The minimum absolute atomic E-state index is 0.0524. The molecule has 1 fully saturated rings. The molecule has 0 spiro atoms. The predicted octanol–water partition coefficient (Wildman–Crippen LogP) is 1.57. The highest BCUT2D eigenvalue weighted by atomic mass is 16.3. The van der Waals surface area contributed by atoms with Crippen LogP contribution in [0.15, 0.2) is 47.1 Å². The molecule has 2 aliphatic rings. The topological polar surface area (TPSA) is 96.9 Å². The summed E-state index contributed by atoms with van der Waals surface area (Å²) in [5.41, 5.74) is 7.72. The number of carbonyl (C=O) groups is 3. The fourth-order valence-corrected chi connectivity index (χ4v) is 4.13. The summed E-state index contributed by atoms with van der Waals surface area (Å²) in [5, 5.41) is 0. The van der Waals surface area contributed by atoms with Crippen LogP contribution in [-0.4, -0.2) is 46.7 Å². The van der Waals surface area contributed by atoms with E-state index in [0.29, 0.717) is 44.7 Å². The molecule has 3 heterocycles. The Hall–Kier alpha value is -3.09. The van der Waals surface area contributed by atoms with Crippen molar-refractivity contribution in [1.29, 1.82) is 0 Å². The Balaban J connectivity index is 1.44. The first-order chi connectivity index (χ1) is 13.5. The van der Waals surface area contributed by atoms with Gasteiger partial charge in [-0.05, 0) is 36.1 Å². The van der Waals surface area contributed by atoms with E-state index >= 15 is 0 Å². The number of hydrogen-bond donors (Lipinski definition) is 1. The maximum absolute atomic E-state index is 13.2. The highest BCUT2D eigenvalue weighted by Gasteiger charge is 2.38. The Morgan fingerprint density at radius 2 is 1.71 bits per heavy atom. The lowest BCUT2D eigenvalue weighted by molar-refractivity contribution is -0.145. The van der Waals surface area contributed by atoms with Gasteiger partial charge in [0, 0.05) is 32.0 Å². The largest absolute Gasteiger partial charge is 0.459 e. The molecule has 1 saturated heterocycles. The lowest BCUT2D eigenvalue weighted by Crippen LogP contribution is -2.54. The van der Waals surface area contributed by atoms with Crippen molar-refractivity contribution in [3.05, 3.63) is 59.5 Å². The molecule has 1 unspecified atom stereocenters. The van der Waals surface area contributed by atoms with Crippen molar-refractivity contribution in [3.8, 4) is 0 Å². The molecule has 7 nitrogen and oxygen atoms in total. The molecule has 0 saturated carbocycles. The van der Waals surface area contributed by atoms with Crippen LogP contribution in [0.1, 0.15) is 34.5 Å². The van der Waals surface area contributed by atoms with Gasteiger partial charge in [-0.2, -0.15) is 0 Å². The van der Waals surface area contributed by atoms with Crippen molar-refractivity contribution < 1.29 is 18.8 Å². The smallest absolute Gasteiger partial charge is 0.289 e. The fraction of sp³-hybridized carbons (Fsp3) is 0.381. The van der Waals surface area contributed by atoms with Crippen LogP contribution in [0.25, 0.3) is 0 Å². The Morgan fingerprint density at radius 3 is 2.36 bits per heavy atom. The van der Waals surface area contributed by atoms with Gasteiger partial charge in [0.15, 0.2) is 5.76 Å². The molecule has 146 valence electrons. The molecular weight excluding hydrogens is 358 g/mol. The minimum atomic E-state index is -0.620. The van der Waals surface area contributed by atoms with Gasteiger partial charge in [0.2, 0.25) is 11.8 Å². The number of hydrogen-bond acceptors (Lipinski definition) is 4. The number of likely N-dealkylation sites (tertiary alicyclic amines) is 1. The zero-order chi connectivity index (χ0) is 19.7. The Morgan fingerprint density at radius 1 is 1.00 bits per heavy atom. The third-order valence-electron chi connectivity index (χ3n) is 5.72. The van der Waals surface area contributed by atoms with E-state index in [1.54, 1.807) is 21.9 Å². The number of carbonyl (C=O) groups excluding carboxylic acids is 3. The molecule has 3 amide bonds. The Labute approximate surface area is 163 Å². The van der Waals surface area contributed by atoms with Crippen molar-refractivity contribution in [2.24, 2.45) is 11.7 Å². The van der Waals surface area contributed by atoms with Gasteiger partial charge >= 0.3 is 0 Å². The first-order valence-electron chi connectivity index (χ1n) is 9.54. The van der Waals surface area contributed by atoms with E-state index < -0.39 is 11.9 Å². The third-order valence-corrected chi connectivity index (χ3v) is 5.72. The summed E-state index contributed by atoms with van der Waals surface area (Å²) in [4.78, 5) is 40.9. The van der Waals surface area contributed by atoms with Crippen molar-refractivity contribution in [2.45, 2.75) is 31.8 Å². The molecule has 0 bridgehead atoms. The monoisotopic (exact) mass is 381 g/mol. The number of nitrogens with two attached hydrogens (primary N) is 1. The first kappa shape index (κ1) is 18.3. The molecule has 0 aliphatic carbocycles. The number of amides is 3. The van der Waals surface area contributed by atoms with Gasteiger partial charge in [0.1, 0.15) is 6.04 Å². The quantitative estimate of drug-likeness (QED) is 0.873. The number of benzene rings is 1. The van der Waals surface area contributed by atoms with Crippen LogP contribution in [0, 0.1) is 5.92 Å². The standard InChI is InChI=1S/C21H23N3O4/c22-19(25)17-12-15-4-1-2-5-16(15)13-24(17)20(26)14-7-9-23(10-8-14)21(27)18-6-3-11-28-18/h1-6,11,14,17H,7-10,12-13H2,(H2,22,25). The summed E-state index contributed by atoms with van der Waals surface area (Å²) in [7, 11) is 0. The van der Waals surface area contributed by atoms with E-state index in [2.05, 4.69) is 0 Å². The van der Waals surface area contributed by atoms with E-state index in [4.69, 9.17) is 10.2 Å². The number of furan rings is 1. The number of fused-ring (bicyclic) bond motifs is 1. The van der Waals surface area contributed by atoms with Gasteiger partial charge in [-0.1, -0.05) is 24.3 Å². The van der Waals surface area contributed by atoms with E-state index in [0.717, 1.165) is 11.1 Å². The summed E-state index contributed by atoms with van der Waals surface area (Å²) >= 11 is 0. The van der Waals surface area contributed by atoms with Crippen molar-refractivity contribution >= 4 is 17.7 Å². The van der Waals surface area contributed by atoms with Crippen LogP contribution in [0.2, 0.25) is 0 Å². The highest BCUT2D eigenvalue weighted by molar-refractivity contribution is 5.92. The molecule has 2 N–H and O–H groups in total. The molecule has 4 rings (SSSR count). The van der Waals surface area contributed by atoms with Crippen LogP contribution in [0.5, 0.6) is 0 Å². The van der Waals surface area contributed by atoms with E-state index in [9.17, 15) is 14.4 Å². The average Bonchev–Trinajstić information content (AvgIpc) is 3.26. The third kappa shape index (κ3) is 3.40. The lowest BCUT2D eigenvalue weighted by Gasteiger charge is -2.39. The SMILES string of the molecule is NC(=O)C1Cc2ccccc2CN1C(=O)C1CCN(C(=O)c2ccco2)CC1. The van der Waals surface area contributed by atoms with Crippen molar-refractivity contribution in [2.75, 3.05) is 13.1 Å². The van der Waals surface area contributed by atoms with Crippen LogP contribution in [0.4, 0.5) is 0 Å². The highest BCUT2D eigenvalue weighted by Crippen LogP contribution is 2.28. The summed E-state index contributed by atoms with van der Waals surface area (Å²) in [6.45, 7) is 1.37. The number of primary amides is 1. The van der Waals surface area contributed by atoms with Gasteiger partial charge < -0.3 is 20.0 Å². The molecule has 2 aliphatic heterocycles. The summed E-state index contributed by atoms with van der Waals surface area (Å²) < 4.78 is 5.17. The zero-order valence-corrected chi connectivity index (χ0v) is 15.5. The molecule has 28 heavy (non-hydrogen) atoms. The average molecular weight is 381 g/mol. The fourth-order valence-electron chi connectivity index (χ4n) is 4.13. The summed E-state index contributed by atoms with van der Waals surface area (Å²) in [5.74, 6) is -0.589. The second kappa shape index (κ2) is 7.50. The van der Waals surface area contributed by atoms with Crippen LogP contribution in [-0.2, 0) is 22.6 Å². The van der Waals surface area contributed by atoms with Crippen molar-refractivity contribution in [1.82, 2.24) is 9.80 Å². The van der Waals surface area contributed by atoms with E-state index in [-0.39, 0.29) is 17.7 Å². The predicted molar refractivity (Wildman–Crippen MR) is 101 cm³/mol. The van der Waals surface area contributed by atoms with Gasteiger partial charge in [0.25, 0.3) is 5.91 Å². The summed E-state index contributed by atoms with van der Waals surface area (Å²) in [6, 6.07) is 10.5. The molecule has 2 aromatic rings. The Bertz CT molecular complexity index is 885.